The SMILES string of the molecule is Nc1nc2c(ncn2[C@@H]2OC(CO)=C[C@H]2O)c(=O)[nH]1. The molecule has 9 nitrogen and oxygen atoms in total. The summed E-state index contributed by atoms with van der Waals surface area (Å²) in [5.74, 6) is 0.194. The molecule has 0 saturated carbocycles. The van der Waals surface area contributed by atoms with Gasteiger partial charge in [0.25, 0.3) is 5.56 Å². The molecule has 0 radical (unpaired) electrons. The van der Waals surface area contributed by atoms with E-state index in [1.807, 2.05) is 0 Å². The molecule has 1 aliphatic heterocycles. The minimum absolute atomic E-state index is 0.0536. The highest BCUT2D eigenvalue weighted by atomic mass is 16.5. The van der Waals surface area contributed by atoms with Crippen LogP contribution in [0.3, 0.4) is 0 Å². The number of anilines is 1. The minimum Gasteiger partial charge on any atom is -0.469 e. The lowest BCUT2D eigenvalue weighted by molar-refractivity contribution is -0.00499. The quantitative estimate of drug-likeness (QED) is 0.516. The molecule has 19 heavy (non-hydrogen) atoms. The van der Waals surface area contributed by atoms with Crippen molar-refractivity contribution in [2.45, 2.75) is 12.3 Å². The van der Waals surface area contributed by atoms with E-state index in [-0.39, 0.29) is 29.5 Å². The first-order valence-electron chi connectivity index (χ1n) is 5.48. The lowest BCUT2D eigenvalue weighted by Crippen LogP contribution is -2.21. The van der Waals surface area contributed by atoms with Crippen molar-refractivity contribution in [1.29, 1.82) is 0 Å². The number of aromatic amines is 1. The molecule has 0 aliphatic carbocycles. The van der Waals surface area contributed by atoms with Crippen molar-refractivity contribution in [3.05, 3.63) is 28.5 Å². The number of nitrogens with one attached hydrogen (secondary N) is 1. The van der Waals surface area contributed by atoms with Crippen molar-refractivity contribution in [3.8, 4) is 0 Å². The summed E-state index contributed by atoms with van der Waals surface area (Å²) in [4.78, 5) is 21.8. The third kappa shape index (κ3) is 1.75. The normalized spacial score (nSPS) is 22.5. The van der Waals surface area contributed by atoms with Gasteiger partial charge in [-0.15, -0.1) is 0 Å². The molecule has 0 spiro atoms. The summed E-state index contributed by atoms with van der Waals surface area (Å²) in [6.45, 7) is -0.323. The van der Waals surface area contributed by atoms with Crippen LogP contribution in [0.15, 0.2) is 23.0 Å². The number of aliphatic hydroxyl groups is 2. The molecule has 100 valence electrons. The Morgan fingerprint density at radius 1 is 1.58 bits per heavy atom. The number of nitrogen functional groups attached to an aromatic ring is 1. The molecule has 2 aromatic heterocycles. The molecule has 3 rings (SSSR count). The highest BCUT2D eigenvalue weighted by Gasteiger charge is 2.30. The van der Waals surface area contributed by atoms with Gasteiger partial charge in [-0.1, -0.05) is 0 Å². The van der Waals surface area contributed by atoms with Gasteiger partial charge in [-0.05, 0) is 6.08 Å². The Labute approximate surface area is 106 Å². The summed E-state index contributed by atoms with van der Waals surface area (Å²) in [5.41, 5.74) is 5.31. The molecule has 0 unspecified atom stereocenters. The fourth-order valence-electron chi connectivity index (χ4n) is 1.98. The molecule has 9 heteroatoms. The average molecular weight is 265 g/mol. The zero-order chi connectivity index (χ0) is 13.6. The summed E-state index contributed by atoms with van der Waals surface area (Å²) in [5, 5.41) is 18.8. The van der Waals surface area contributed by atoms with Crippen LogP contribution < -0.4 is 11.3 Å². The second-order valence-corrected chi connectivity index (χ2v) is 4.07. The Bertz CT molecular complexity index is 718. The molecule has 2 atom stereocenters. The molecule has 0 bridgehead atoms. The molecular weight excluding hydrogens is 254 g/mol. The third-order valence-electron chi connectivity index (χ3n) is 2.80. The van der Waals surface area contributed by atoms with Crippen molar-refractivity contribution in [2.75, 3.05) is 12.3 Å². The number of hydrogen-bond donors (Lipinski definition) is 4. The van der Waals surface area contributed by atoms with Crippen LogP contribution in [0.25, 0.3) is 11.2 Å². The highest BCUT2D eigenvalue weighted by molar-refractivity contribution is 5.70. The fourth-order valence-corrected chi connectivity index (χ4v) is 1.98. The minimum atomic E-state index is -0.970. The molecule has 3 heterocycles. The number of nitrogens with zero attached hydrogens (tertiary/aromatic N) is 3. The number of fused-ring (bicyclic) bond motifs is 1. The van der Waals surface area contributed by atoms with E-state index in [0.717, 1.165) is 0 Å². The molecule has 0 fully saturated rings. The summed E-state index contributed by atoms with van der Waals surface area (Å²) < 4.78 is 6.74. The Hall–Kier alpha value is -2.39. The van der Waals surface area contributed by atoms with Crippen LogP contribution >= 0.6 is 0 Å². The Morgan fingerprint density at radius 3 is 3.05 bits per heavy atom. The van der Waals surface area contributed by atoms with Crippen LogP contribution in [0.1, 0.15) is 6.23 Å². The highest BCUT2D eigenvalue weighted by Crippen LogP contribution is 2.28. The second-order valence-electron chi connectivity index (χ2n) is 4.07. The first kappa shape index (κ1) is 11.7. The predicted octanol–water partition coefficient (Wildman–Crippen LogP) is -1.53. The van der Waals surface area contributed by atoms with E-state index in [0.29, 0.717) is 0 Å². The first-order valence-corrected chi connectivity index (χ1v) is 5.48. The molecule has 0 saturated heterocycles. The van der Waals surface area contributed by atoms with E-state index in [4.69, 9.17) is 15.6 Å². The molecule has 5 N–H and O–H groups in total. The average Bonchev–Trinajstić information content (AvgIpc) is 2.92. The topological polar surface area (TPSA) is 139 Å². The number of aromatic nitrogens is 4. The Balaban J connectivity index is 2.10. The standard InChI is InChI=1S/C10H11N5O4/c11-10-13-7-6(8(18)14-10)12-3-15(7)9-5(17)1-4(2-16)19-9/h1,3,5,9,16-17H,2H2,(H3,11,13,14,18)/t5-,9-/m1/s1. The van der Waals surface area contributed by atoms with Crippen LogP contribution in [-0.2, 0) is 4.74 Å². The number of aliphatic hydroxyl groups excluding tert-OH is 2. The second kappa shape index (κ2) is 4.07. The predicted molar refractivity (Wildman–Crippen MR) is 63.9 cm³/mol. The zero-order valence-electron chi connectivity index (χ0n) is 9.65. The van der Waals surface area contributed by atoms with Crippen LogP contribution in [0.5, 0.6) is 0 Å². The Kier molecular flexibility index (Phi) is 2.50. The van der Waals surface area contributed by atoms with E-state index in [1.165, 1.54) is 17.0 Å². The maximum atomic E-state index is 11.6. The summed E-state index contributed by atoms with van der Waals surface area (Å²) in [6.07, 6.45) is 0.907. The number of imidazole rings is 1. The number of rotatable bonds is 2. The van der Waals surface area contributed by atoms with Crippen LogP contribution in [0.4, 0.5) is 5.95 Å². The lowest BCUT2D eigenvalue weighted by atomic mass is 10.3. The van der Waals surface area contributed by atoms with Crippen LogP contribution in [0.2, 0.25) is 0 Å². The van der Waals surface area contributed by atoms with E-state index in [9.17, 15) is 9.90 Å². The van der Waals surface area contributed by atoms with Gasteiger partial charge >= 0.3 is 0 Å². The van der Waals surface area contributed by atoms with Gasteiger partial charge in [0.05, 0.1) is 0 Å². The van der Waals surface area contributed by atoms with Gasteiger partial charge < -0.3 is 20.7 Å². The van der Waals surface area contributed by atoms with Crippen LogP contribution in [-0.4, -0.2) is 42.4 Å². The monoisotopic (exact) mass is 265 g/mol. The van der Waals surface area contributed by atoms with Crippen LogP contribution in [0, 0.1) is 0 Å². The van der Waals surface area contributed by atoms with E-state index < -0.39 is 17.9 Å². The maximum Gasteiger partial charge on any atom is 0.280 e. The number of H-pyrrole nitrogens is 1. The van der Waals surface area contributed by atoms with Crippen molar-refractivity contribution in [1.82, 2.24) is 19.5 Å². The van der Waals surface area contributed by atoms with Crippen molar-refractivity contribution in [3.63, 3.8) is 0 Å². The smallest absolute Gasteiger partial charge is 0.280 e. The van der Waals surface area contributed by atoms with E-state index in [2.05, 4.69) is 15.0 Å². The van der Waals surface area contributed by atoms with Gasteiger partial charge in [-0.25, -0.2) is 4.98 Å². The lowest BCUT2D eigenvalue weighted by Gasteiger charge is -2.17. The molecular formula is C10H11N5O4. The van der Waals surface area contributed by atoms with Gasteiger partial charge in [-0.3, -0.25) is 14.3 Å². The fraction of sp³-hybridized carbons (Fsp3) is 0.300. The summed E-state index contributed by atoms with van der Waals surface area (Å²) >= 11 is 0. The number of ether oxygens (including phenoxy) is 1. The van der Waals surface area contributed by atoms with Crippen molar-refractivity contribution in [2.24, 2.45) is 0 Å². The van der Waals surface area contributed by atoms with E-state index in [1.54, 1.807) is 0 Å². The third-order valence-corrected chi connectivity index (χ3v) is 2.80. The number of hydrogen-bond acceptors (Lipinski definition) is 7. The van der Waals surface area contributed by atoms with Gasteiger partial charge in [0.1, 0.15) is 24.8 Å². The van der Waals surface area contributed by atoms with Gasteiger partial charge in [0, 0.05) is 0 Å². The largest absolute Gasteiger partial charge is 0.469 e. The van der Waals surface area contributed by atoms with Crippen molar-refractivity contribution >= 4 is 17.1 Å². The first-order chi connectivity index (χ1) is 9.10. The van der Waals surface area contributed by atoms with E-state index >= 15 is 0 Å². The van der Waals surface area contributed by atoms with Gasteiger partial charge in [-0.2, -0.15) is 4.98 Å². The Morgan fingerprint density at radius 2 is 2.37 bits per heavy atom. The summed E-state index contributed by atoms with van der Waals surface area (Å²) in [7, 11) is 0. The number of nitrogens with two attached hydrogens (primary N) is 1. The maximum absolute atomic E-state index is 11.6. The molecule has 0 aromatic carbocycles. The zero-order valence-corrected chi connectivity index (χ0v) is 9.65. The summed E-state index contributed by atoms with van der Waals surface area (Å²) in [6, 6.07) is 0. The van der Waals surface area contributed by atoms with Gasteiger partial charge in [0.15, 0.2) is 11.2 Å². The van der Waals surface area contributed by atoms with Gasteiger partial charge in [0.2, 0.25) is 12.2 Å². The molecule has 0 amide bonds. The molecule has 2 aromatic rings. The van der Waals surface area contributed by atoms with Crippen molar-refractivity contribution < 1.29 is 14.9 Å². The molecule has 1 aliphatic rings.